The number of rotatable bonds is 3. The third-order valence-corrected chi connectivity index (χ3v) is 4.75. The number of hydrogen-bond donors (Lipinski definition) is 0. The van der Waals surface area contributed by atoms with Crippen LogP contribution in [-0.2, 0) is 6.54 Å². The molecule has 114 valence electrons. The molecule has 3 rings (SSSR count). The molecule has 0 aromatic heterocycles. The first kappa shape index (κ1) is 14.6. The Morgan fingerprint density at radius 1 is 1.10 bits per heavy atom. The zero-order valence-corrected chi connectivity index (χ0v) is 13.1. The maximum absolute atomic E-state index is 12.5. The van der Waals surface area contributed by atoms with Gasteiger partial charge in [-0.1, -0.05) is 19.1 Å². The minimum absolute atomic E-state index is 0.203. The fourth-order valence-electron chi connectivity index (χ4n) is 3.51. The molecule has 2 aliphatic heterocycles. The molecule has 0 N–H and O–H groups in total. The van der Waals surface area contributed by atoms with Crippen molar-refractivity contribution in [2.75, 3.05) is 26.2 Å². The quantitative estimate of drug-likeness (QED) is 0.852. The van der Waals surface area contributed by atoms with Gasteiger partial charge in [-0.3, -0.25) is 9.69 Å². The number of likely N-dealkylation sites (tertiary alicyclic amines) is 2. The van der Waals surface area contributed by atoms with Crippen molar-refractivity contribution in [1.82, 2.24) is 9.80 Å². The van der Waals surface area contributed by atoms with Gasteiger partial charge in [0.15, 0.2) is 0 Å². The molecule has 2 saturated heterocycles. The maximum Gasteiger partial charge on any atom is 0.253 e. The zero-order valence-electron chi connectivity index (χ0n) is 13.1. The van der Waals surface area contributed by atoms with Crippen molar-refractivity contribution in [3.63, 3.8) is 0 Å². The number of piperidine rings is 1. The summed E-state index contributed by atoms with van der Waals surface area (Å²) in [5.41, 5.74) is 2.16. The van der Waals surface area contributed by atoms with Gasteiger partial charge in [0.05, 0.1) is 0 Å². The molecule has 2 aliphatic rings. The average molecular weight is 286 g/mol. The average Bonchev–Trinajstić information content (AvgIpc) is 3.00. The molecule has 0 aliphatic carbocycles. The maximum atomic E-state index is 12.5. The number of carbonyl (C=O) groups is 1. The molecule has 3 nitrogen and oxygen atoms in total. The van der Waals surface area contributed by atoms with Crippen LogP contribution < -0.4 is 0 Å². The molecule has 3 heteroatoms. The molecule has 1 aromatic rings. The second-order valence-electron chi connectivity index (χ2n) is 6.68. The molecule has 1 aromatic carbocycles. The van der Waals surface area contributed by atoms with Crippen LogP contribution in [0.5, 0.6) is 0 Å². The first-order valence-corrected chi connectivity index (χ1v) is 8.33. The Labute approximate surface area is 127 Å². The normalized spacial score (nSPS) is 23.5. The summed E-state index contributed by atoms with van der Waals surface area (Å²) in [5.74, 6) is 0.839. The van der Waals surface area contributed by atoms with Crippen LogP contribution in [0.2, 0.25) is 0 Å². The van der Waals surface area contributed by atoms with Gasteiger partial charge in [0, 0.05) is 25.2 Å². The highest BCUT2D eigenvalue weighted by molar-refractivity contribution is 5.94. The molecule has 0 bridgehead atoms. The van der Waals surface area contributed by atoms with Gasteiger partial charge in [0.2, 0.25) is 0 Å². The van der Waals surface area contributed by atoms with E-state index >= 15 is 0 Å². The van der Waals surface area contributed by atoms with Crippen LogP contribution in [0.15, 0.2) is 24.3 Å². The minimum Gasteiger partial charge on any atom is -0.338 e. The van der Waals surface area contributed by atoms with Crippen molar-refractivity contribution in [3.8, 4) is 0 Å². The Kier molecular flexibility index (Phi) is 4.59. The van der Waals surface area contributed by atoms with Crippen LogP contribution in [0.4, 0.5) is 0 Å². The Hall–Kier alpha value is -1.35. The van der Waals surface area contributed by atoms with E-state index in [1.54, 1.807) is 0 Å². The third-order valence-electron chi connectivity index (χ3n) is 4.75. The van der Waals surface area contributed by atoms with E-state index in [0.717, 1.165) is 31.6 Å². The van der Waals surface area contributed by atoms with Crippen molar-refractivity contribution in [1.29, 1.82) is 0 Å². The monoisotopic (exact) mass is 286 g/mol. The fourth-order valence-corrected chi connectivity index (χ4v) is 3.51. The highest BCUT2D eigenvalue weighted by Crippen LogP contribution is 2.19. The Bertz CT molecular complexity index is 476. The molecule has 2 fully saturated rings. The summed E-state index contributed by atoms with van der Waals surface area (Å²) in [7, 11) is 0. The first-order chi connectivity index (χ1) is 10.2. The summed E-state index contributed by atoms with van der Waals surface area (Å²) in [5, 5.41) is 0. The topological polar surface area (TPSA) is 23.6 Å². The lowest BCUT2D eigenvalue weighted by Gasteiger charge is -2.31. The summed E-state index contributed by atoms with van der Waals surface area (Å²) < 4.78 is 0. The summed E-state index contributed by atoms with van der Waals surface area (Å²) in [6.45, 7) is 7.51. The number of amides is 1. The van der Waals surface area contributed by atoms with Gasteiger partial charge in [0.1, 0.15) is 0 Å². The van der Waals surface area contributed by atoms with Crippen LogP contribution in [0.1, 0.15) is 48.5 Å². The predicted molar refractivity (Wildman–Crippen MR) is 85.3 cm³/mol. The van der Waals surface area contributed by atoms with Gasteiger partial charge in [-0.15, -0.1) is 0 Å². The second kappa shape index (κ2) is 6.61. The summed E-state index contributed by atoms with van der Waals surface area (Å²) in [6, 6.07) is 8.26. The first-order valence-electron chi connectivity index (χ1n) is 8.33. The van der Waals surface area contributed by atoms with Crippen molar-refractivity contribution in [3.05, 3.63) is 35.4 Å². The van der Waals surface area contributed by atoms with E-state index in [2.05, 4.69) is 24.0 Å². The largest absolute Gasteiger partial charge is 0.338 e. The molecule has 0 saturated carbocycles. The molecule has 0 unspecified atom stereocenters. The van der Waals surface area contributed by atoms with Crippen LogP contribution in [0.3, 0.4) is 0 Å². The fraction of sp³-hybridized carbons (Fsp3) is 0.611. The third kappa shape index (κ3) is 3.65. The van der Waals surface area contributed by atoms with E-state index in [4.69, 9.17) is 0 Å². The number of hydrogen-bond acceptors (Lipinski definition) is 2. The molecular formula is C18H26N2O. The number of carbonyl (C=O) groups excluding carboxylic acids is 1. The lowest BCUT2D eigenvalue weighted by Crippen LogP contribution is -2.39. The van der Waals surface area contributed by atoms with Gasteiger partial charge in [-0.2, -0.15) is 0 Å². The van der Waals surface area contributed by atoms with E-state index in [9.17, 15) is 4.79 Å². The SMILES string of the molecule is C[C@H]1CCCN(C(=O)c2ccc(CN3CCCC3)cc2)C1. The lowest BCUT2D eigenvalue weighted by atomic mass is 9.99. The minimum atomic E-state index is 0.203. The van der Waals surface area contributed by atoms with Crippen LogP contribution in [0, 0.1) is 5.92 Å². The molecule has 21 heavy (non-hydrogen) atoms. The van der Waals surface area contributed by atoms with Crippen LogP contribution in [0.25, 0.3) is 0 Å². The van der Waals surface area contributed by atoms with Gasteiger partial charge in [-0.05, 0) is 62.4 Å². The zero-order chi connectivity index (χ0) is 14.7. The summed E-state index contributed by atoms with van der Waals surface area (Å²) in [4.78, 5) is 17.0. The lowest BCUT2D eigenvalue weighted by molar-refractivity contribution is 0.0683. The van der Waals surface area contributed by atoms with Crippen molar-refractivity contribution in [2.24, 2.45) is 5.92 Å². The molecule has 0 radical (unpaired) electrons. The molecule has 1 amide bonds. The van der Waals surface area contributed by atoms with Crippen molar-refractivity contribution in [2.45, 2.75) is 39.2 Å². The number of nitrogens with zero attached hydrogens (tertiary/aromatic N) is 2. The van der Waals surface area contributed by atoms with Crippen molar-refractivity contribution >= 4 is 5.91 Å². The van der Waals surface area contributed by atoms with Crippen molar-refractivity contribution < 1.29 is 4.79 Å². The van der Waals surface area contributed by atoms with Gasteiger partial charge in [0.25, 0.3) is 5.91 Å². The molecule has 2 heterocycles. The summed E-state index contributed by atoms with van der Waals surface area (Å²) in [6.07, 6.45) is 5.03. The smallest absolute Gasteiger partial charge is 0.253 e. The van der Waals surface area contributed by atoms with E-state index in [1.165, 1.54) is 37.9 Å². The highest BCUT2D eigenvalue weighted by Gasteiger charge is 2.22. The van der Waals surface area contributed by atoms with Gasteiger partial charge in [-0.25, -0.2) is 0 Å². The van der Waals surface area contributed by atoms with E-state index < -0.39 is 0 Å². The molecule has 1 atom stereocenters. The Morgan fingerprint density at radius 3 is 2.48 bits per heavy atom. The van der Waals surface area contributed by atoms with Crippen LogP contribution in [-0.4, -0.2) is 41.9 Å². The Morgan fingerprint density at radius 2 is 1.81 bits per heavy atom. The summed E-state index contributed by atoms with van der Waals surface area (Å²) >= 11 is 0. The second-order valence-corrected chi connectivity index (χ2v) is 6.68. The molecule has 0 spiro atoms. The van der Waals surface area contributed by atoms with E-state index in [-0.39, 0.29) is 5.91 Å². The molecular weight excluding hydrogens is 260 g/mol. The van der Waals surface area contributed by atoms with Gasteiger partial charge < -0.3 is 4.90 Å². The number of benzene rings is 1. The van der Waals surface area contributed by atoms with E-state index in [1.807, 2.05) is 17.0 Å². The van der Waals surface area contributed by atoms with Gasteiger partial charge >= 0.3 is 0 Å². The van der Waals surface area contributed by atoms with Crippen LogP contribution >= 0.6 is 0 Å². The van der Waals surface area contributed by atoms with E-state index in [0.29, 0.717) is 5.92 Å². The Balaban J connectivity index is 1.61. The highest BCUT2D eigenvalue weighted by atomic mass is 16.2. The standard InChI is InChI=1S/C18H26N2O/c1-15-5-4-12-20(13-15)18(21)17-8-6-16(7-9-17)14-19-10-2-3-11-19/h6-9,15H,2-5,10-14H2,1H3/t15-/m0/s1. The predicted octanol–water partition coefficient (Wildman–Crippen LogP) is 3.15.